The van der Waals surface area contributed by atoms with E-state index in [1.165, 1.54) is 6.07 Å². The zero-order valence-corrected chi connectivity index (χ0v) is 11.2. The third kappa shape index (κ3) is 2.67. The van der Waals surface area contributed by atoms with E-state index in [2.05, 4.69) is 15.9 Å². The van der Waals surface area contributed by atoms with E-state index in [0.29, 0.717) is 11.0 Å². The lowest BCUT2D eigenvalue weighted by molar-refractivity contribution is -0.138. The molecule has 1 saturated heterocycles. The van der Waals surface area contributed by atoms with Gasteiger partial charge in [0.05, 0.1) is 11.3 Å². The second kappa shape index (κ2) is 4.89. The number of carbonyl (C=O) groups excluding carboxylic acids is 3. The molecule has 0 radical (unpaired) electrons. The normalized spacial score (nSPS) is 16.4. The zero-order valence-electron chi connectivity index (χ0n) is 9.62. The number of amides is 4. The molecule has 0 aromatic heterocycles. The van der Waals surface area contributed by atoms with Crippen LogP contribution >= 0.6 is 15.9 Å². The molecule has 5 nitrogen and oxygen atoms in total. The fraction of sp³-hybridized carbons (Fsp3) is 0.182. The molecule has 2 rings (SSSR count). The number of nitrogens with one attached hydrogen (secondary N) is 1. The maximum Gasteiger partial charge on any atom is 0.417 e. The summed E-state index contributed by atoms with van der Waals surface area (Å²) in [5.41, 5.74) is -1.27. The highest BCUT2D eigenvalue weighted by atomic mass is 79.9. The summed E-state index contributed by atoms with van der Waals surface area (Å²) in [7, 11) is 0. The maximum atomic E-state index is 12.8. The van der Waals surface area contributed by atoms with Gasteiger partial charge in [-0.1, -0.05) is 15.9 Å². The highest BCUT2D eigenvalue weighted by molar-refractivity contribution is 9.10. The van der Waals surface area contributed by atoms with Crippen LogP contribution in [-0.2, 0) is 15.8 Å². The van der Waals surface area contributed by atoms with Crippen molar-refractivity contribution in [2.45, 2.75) is 12.6 Å². The number of hydrogen-bond donors (Lipinski definition) is 1. The molecular formula is C11H6BrF3N2O3. The van der Waals surface area contributed by atoms with Crippen molar-refractivity contribution in [3.05, 3.63) is 28.2 Å². The number of urea groups is 1. The van der Waals surface area contributed by atoms with Crippen molar-refractivity contribution >= 4 is 39.5 Å². The van der Waals surface area contributed by atoms with E-state index in [-0.39, 0.29) is 10.2 Å². The van der Waals surface area contributed by atoms with E-state index in [9.17, 15) is 27.6 Å². The first-order valence-corrected chi connectivity index (χ1v) is 6.03. The van der Waals surface area contributed by atoms with Crippen LogP contribution in [0.5, 0.6) is 0 Å². The van der Waals surface area contributed by atoms with Crippen LogP contribution in [-0.4, -0.2) is 17.8 Å². The van der Waals surface area contributed by atoms with Crippen LogP contribution in [0.2, 0.25) is 0 Å². The fourth-order valence-electron chi connectivity index (χ4n) is 1.68. The molecule has 0 atom stereocenters. The Bertz CT molecular complexity index is 595. The summed E-state index contributed by atoms with van der Waals surface area (Å²) in [5.74, 6) is -1.67. The van der Waals surface area contributed by atoms with Gasteiger partial charge in [0, 0.05) is 4.47 Å². The van der Waals surface area contributed by atoms with Crippen molar-refractivity contribution in [1.29, 1.82) is 0 Å². The van der Waals surface area contributed by atoms with Crippen molar-refractivity contribution in [2.24, 2.45) is 0 Å². The third-order valence-corrected chi connectivity index (χ3v) is 3.22. The number of imide groups is 2. The molecule has 1 fully saturated rings. The summed E-state index contributed by atoms with van der Waals surface area (Å²) in [6, 6.07) is 1.85. The van der Waals surface area contributed by atoms with Gasteiger partial charge in [-0.25, -0.2) is 9.69 Å². The number of carbonyl (C=O) groups is 3. The predicted molar refractivity (Wildman–Crippen MR) is 64.8 cm³/mol. The Hall–Kier alpha value is -1.90. The minimum atomic E-state index is -4.64. The number of nitrogens with zero attached hydrogens (tertiary/aromatic N) is 1. The molecular weight excluding hydrogens is 345 g/mol. The Labute approximate surface area is 118 Å². The second-order valence-corrected chi connectivity index (χ2v) is 4.78. The largest absolute Gasteiger partial charge is 0.417 e. The molecule has 1 aromatic carbocycles. The number of anilines is 1. The van der Waals surface area contributed by atoms with E-state index in [4.69, 9.17) is 0 Å². The van der Waals surface area contributed by atoms with Crippen LogP contribution in [0, 0.1) is 0 Å². The number of alkyl halides is 3. The molecule has 9 heteroatoms. The monoisotopic (exact) mass is 350 g/mol. The summed E-state index contributed by atoms with van der Waals surface area (Å²) in [6.07, 6.45) is -5.23. The highest BCUT2D eigenvalue weighted by Crippen LogP contribution is 2.37. The predicted octanol–water partition coefficient (Wildman–Crippen LogP) is 2.44. The van der Waals surface area contributed by atoms with Gasteiger partial charge in [-0.05, 0) is 18.2 Å². The first kappa shape index (κ1) is 14.5. The molecule has 1 aliphatic rings. The van der Waals surface area contributed by atoms with Crippen LogP contribution in [0.3, 0.4) is 0 Å². The van der Waals surface area contributed by atoms with Gasteiger partial charge in [0.15, 0.2) is 0 Å². The smallest absolute Gasteiger partial charge is 0.277 e. The number of halogens is 4. The standard InChI is InChI=1S/C11H6BrF3N2O3/c12-7-2-1-5(3-6(7)11(13,14)15)17-9(19)4-8(18)16-10(17)20/h1-3H,4H2,(H,16,18,20). The van der Waals surface area contributed by atoms with Gasteiger partial charge in [-0.15, -0.1) is 0 Å². The lowest BCUT2D eigenvalue weighted by Gasteiger charge is -2.25. The Morgan fingerprint density at radius 3 is 2.40 bits per heavy atom. The van der Waals surface area contributed by atoms with Crippen molar-refractivity contribution in [1.82, 2.24) is 5.32 Å². The first-order chi connectivity index (χ1) is 9.20. The summed E-state index contributed by atoms with van der Waals surface area (Å²) in [5, 5.41) is 1.87. The lowest BCUT2D eigenvalue weighted by Crippen LogP contribution is -2.53. The lowest BCUT2D eigenvalue weighted by atomic mass is 10.1. The molecule has 1 aromatic rings. The van der Waals surface area contributed by atoms with Gasteiger partial charge >= 0.3 is 12.2 Å². The molecule has 0 saturated carbocycles. The molecule has 1 aliphatic heterocycles. The molecule has 0 bridgehead atoms. The second-order valence-electron chi connectivity index (χ2n) is 3.92. The van der Waals surface area contributed by atoms with E-state index < -0.39 is 36.0 Å². The minimum Gasteiger partial charge on any atom is -0.277 e. The quantitative estimate of drug-likeness (QED) is 0.791. The van der Waals surface area contributed by atoms with Gasteiger partial charge in [0.2, 0.25) is 11.8 Å². The summed E-state index contributed by atoms with van der Waals surface area (Å²) >= 11 is 2.75. The SMILES string of the molecule is O=C1CC(=O)N(c2ccc(Br)c(C(F)(F)F)c2)C(=O)N1. The van der Waals surface area contributed by atoms with Crippen LogP contribution in [0.15, 0.2) is 22.7 Å². The van der Waals surface area contributed by atoms with Gasteiger partial charge in [0.1, 0.15) is 6.42 Å². The summed E-state index contributed by atoms with van der Waals surface area (Å²) in [4.78, 5) is 34.6. The number of hydrogen-bond acceptors (Lipinski definition) is 3. The Balaban J connectivity index is 2.46. The van der Waals surface area contributed by atoms with Crippen molar-refractivity contribution in [2.75, 3.05) is 4.90 Å². The third-order valence-electron chi connectivity index (χ3n) is 2.52. The number of benzene rings is 1. The average Bonchev–Trinajstić information content (AvgIpc) is 2.28. The summed E-state index contributed by atoms with van der Waals surface area (Å²) in [6.45, 7) is 0. The molecule has 106 valence electrons. The van der Waals surface area contributed by atoms with Crippen LogP contribution in [0.1, 0.15) is 12.0 Å². The molecule has 0 aliphatic carbocycles. The van der Waals surface area contributed by atoms with Gasteiger partial charge in [0.25, 0.3) is 0 Å². The van der Waals surface area contributed by atoms with Crippen LogP contribution in [0.25, 0.3) is 0 Å². The van der Waals surface area contributed by atoms with Gasteiger partial charge < -0.3 is 0 Å². The molecule has 0 unspecified atom stereocenters. The average molecular weight is 351 g/mol. The van der Waals surface area contributed by atoms with E-state index in [1.54, 1.807) is 0 Å². The highest BCUT2D eigenvalue weighted by Gasteiger charge is 2.36. The number of rotatable bonds is 1. The van der Waals surface area contributed by atoms with E-state index in [1.807, 2.05) is 5.32 Å². The Kier molecular flexibility index (Phi) is 3.55. The Morgan fingerprint density at radius 2 is 1.85 bits per heavy atom. The minimum absolute atomic E-state index is 0.213. The zero-order chi connectivity index (χ0) is 15.1. The molecule has 0 spiro atoms. The molecule has 20 heavy (non-hydrogen) atoms. The van der Waals surface area contributed by atoms with Gasteiger partial charge in [-0.3, -0.25) is 14.9 Å². The topological polar surface area (TPSA) is 66.5 Å². The number of barbiturate groups is 1. The molecule has 1 heterocycles. The first-order valence-electron chi connectivity index (χ1n) is 5.23. The van der Waals surface area contributed by atoms with Crippen molar-refractivity contribution in [3.8, 4) is 0 Å². The van der Waals surface area contributed by atoms with Crippen LogP contribution < -0.4 is 10.2 Å². The fourth-order valence-corrected chi connectivity index (χ4v) is 2.15. The van der Waals surface area contributed by atoms with Gasteiger partial charge in [-0.2, -0.15) is 13.2 Å². The van der Waals surface area contributed by atoms with Crippen LogP contribution in [0.4, 0.5) is 23.7 Å². The van der Waals surface area contributed by atoms with Crippen molar-refractivity contribution in [3.63, 3.8) is 0 Å². The summed E-state index contributed by atoms with van der Waals surface area (Å²) < 4.78 is 38.1. The maximum absolute atomic E-state index is 12.8. The van der Waals surface area contributed by atoms with Crippen molar-refractivity contribution < 1.29 is 27.6 Å². The van der Waals surface area contributed by atoms with E-state index in [0.717, 1.165) is 6.07 Å². The molecule has 1 N–H and O–H groups in total. The molecule has 4 amide bonds. The Morgan fingerprint density at radius 1 is 1.20 bits per heavy atom. The van der Waals surface area contributed by atoms with E-state index >= 15 is 0 Å².